The van der Waals surface area contributed by atoms with Crippen LogP contribution in [-0.2, 0) is 29.1 Å². The highest BCUT2D eigenvalue weighted by Crippen LogP contribution is 2.47. The molecule has 4 fully saturated rings. The number of nitrogens with one attached hydrogen (secondary N) is 2. The maximum atomic E-state index is 12.7. The Kier molecular flexibility index (Phi) is 4.56. The number of hydrogen-bond donors (Lipinski definition) is 3. The molecule has 0 saturated carbocycles. The number of nitrogens with zero attached hydrogens (tertiary/aromatic N) is 2. The molecule has 4 aliphatic rings. The molecule has 0 aliphatic carbocycles. The summed E-state index contributed by atoms with van der Waals surface area (Å²) in [5, 5.41) is 3.84. The van der Waals surface area contributed by atoms with Crippen molar-refractivity contribution in [3.63, 3.8) is 0 Å². The van der Waals surface area contributed by atoms with Gasteiger partial charge in [0.25, 0.3) is 5.91 Å². The molecule has 4 heterocycles. The van der Waals surface area contributed by atoms with Crippen LogP contribution in [0.1, 0.15) is 19.8 Å². The van der Waals surface area contributed by atoms with Gasteiger partial charge >= 0.3 is 16.4 Å². The quantitative estimate of drug-likeness (QED) is 0.363. The van der Waals surface area contributed by atoms with Gasteiger partial charge in [-0.3, -0.25) is 14.2 Å². The van der Waals surface area contributed by atoms with E-state index < -0.39 is 39.8 Å². The van der Waals surface area contributed by atoms with E-state index in [1.165, 1.54) is 4.90 Å². The van der Waals surface area contributed by atoms with E-state index in [0.29, 0.717) is 17.6 Å². The number of amides is 3. The Hall–Kier alpha value is -1.51. The van der Waals surface area contributed by atoms with Gasteiger partial charge < -0.3 is 15.0 Å². The highest BCUT2D eigenvalue weighted by Gasteiger charge is 2.63. The summed E-state index contributed by atoms with van der Waals surface area (Å²) in [4.78, 5) is 31.9. The average Bonchev–Trinajstić information content (AvgIpc) is 3.08. The van der Waals surface area contributed by atoms with E-state index in [9.17, 15) is 18.0 Å². The van der Waals surface area contributed by atoms with Crippen LogP contribution in [0.25, 0.3) is 0 Å². The minimum atomic E-state index is -4.87. The maximum Gasteiger partial charge on any atom is 0.418 e. The molecule has 3 N–H and O–H groups in total. The van der Waals surface area contributed by atoms with Gasteiger partial charge in [0.2, 0.25) is 0 Å². The van der Waals surface area contributed by atoms with Crippen molar-refractivity contribution < 1.29 is 36.4 Å². The number of urea groups is 1. The Morgan fingerprint density at radius 1 is 1.44 bits per heavy atom. The third-order valence-corrected chi connectivity index (χ3v) is 6.01. The molecule has 27 heavy (non-hydrogen) atoms. The van der Waals surface area contributed by atoms with Gasteiger partial charge in [-0.05, 0) is 19.8 Å². The molecular weight excluding hydrogens is 384 g/mol. The standard InChI is InChI=1S/C14H22N4O8S/c1-8-2-9(4-15-8)25-16-12(19)10-3-14(6-24-7-14)11-5-17(10)13(20)18(11)26-27(21,22)23/h8-11,15H,2-7H2,1H3,(H,16,19)(H,21,22,23)/t8?,9?,10-,11?/m0/s1. The number of carbonyl (C=O) groups excluding carboxylic acids is 2. The summed E-state index contributed by atoms with van der Waals surface area (Å²) in [5.74, 6) is -0.485. The summed E-state index contributed by atoms with van der Waals surface area (Å²) < 4.78 is 41.0. The number of hydrogen-bond acceptors (Lipinski definition) is 8. The third kappa shape index (κ3) is 3.39. The minimum Gasteiger partial charge on any atom is -0.380 e. The monoisotopic (exact) mass is 406 g/mol. The highest BCUT2D eigenvalue weighted by molar-refractivity contribution is 7.80. The summed E-state index contributed by atoms with van der Waals surface area (Å²) in [7, 11) is -4.87. The lowest BCUT2D eigenvalue weighted by Crippen LogP contribution is -2.63. The Labute approximate surface area is 155 Å². The molecule has 0 radical (unpaired) electrons. The number of hydroxylamine groups is 3. The van der Waals surface area contributed by atoms with Crippen molar-refractivity contribution in [3.8, 4) is 0 Å². The molecule has 0 aromatic rings. The van der Waals surface area contributed by atoms with E-state index in [2.05, 4.69) is 15.1 Å². The summed E-state index contributed by atoms with van der Waals surface area (Å²) >= 11 is 0. The van der Waals surface area contributed by atoms with E-state index in [1.807, 2.05) is 6.92 Å². The zero-order valence-electron chi connectivity index (χ0n) is 14.7. The first-order chi connectivity index (χ1) is 12.7. The molecule has 4 atom stereocenters. The first-order valence-electron chi connectivity index (χ1n) is 8.72. The summed E-state index contributed by atoms with van der Waals surface area (Å²) in [6.45, 7) is 3.25. The van der Waals surface area contributed by atoms with Crippen LogP contribution in [0.2, 0.25) is 0 Å². The van der Waals surface area contributed by atoms with Crippen LogP contribution in [0.5, 0.6) is 0 Å². The topological polar surface area (TPSA) is 147 Å². The molecular formula is C14H22N4O8S. The van der Waals surface area contributed by atoms with Gasteiger partial charge in [0.05, 0.1) is 25.4 Å². The number of fused-ring (bicyclic) bond motifs is 3. The summed E-state index contributed by atoms with van der Waals surface area (Å²) in [6.07, 6.45) is 0.877. The number of rotatable bonds is 5. The van der Waals surface area contributed by atoms with Crippen molar-refractivity contribution in [2.45, 2.75) is 44.0 Å². The van der Waals surface area contributed by atoms with Crippen LogP contribution >= 0.6 is 0 Å². The van der Waals surface area contributed by atoms with Gasteiger partial charge in [-0.25, -0.2) is 10.3 Å². The van der Waals surface area contributed by atoms with Crippen molar-refractivity contribution in [2.75, 3.05) is 26.3 Å². The fraction of sp³-hybridized carbons (Fsp3) is 0.857. The molecule has 4 saturated heterocycles. The normalized spacial score (nSPS) is 34.8. The van der Waals surface area contributed by atoms with Crippen molar-refractivity contribution in [1.82, 2.24) is 20.8 Å². The van der Waals surface area contributed by atoms with E-state index in [1.54, 1.807) is 0 Å². The van der Waals surface area contributed by atoms with E-state index in [4.69, 9.17) is 14.1 Å². The molecule has 0 aromatic carbocycles. The van der Waals surface area contributed by atoms with Gasteiger partial charge in [-0.2, -0.15) is 13.5 Å². The van der Waals surface area contributed by atoms with Gasteiger partial charge in [-0.1, -0.05) is 0 Å². The molecule has 152 valence electrons. The van der Waals surface area contributed by atoms with Crippen LogP contribution in [0.3, 0.4) is 0 Å². The first-order valence-corrected chi connectivity index (χ1v) is 10.1. The lowest BCUT2D eigenvalue weighted by atomic mass is 9.71. The number of piperidine rings is 1. The molecule has 3 unspecified atom stereocenters. The van der Waals surface area contributed by atoms with E-state index >= 15 is 0 Å². The second-order valence-corrected chi connectivity index (χ2v) is 8.61. The second kappa shape index (κ2) is 6.53. The van der Waals surface area contributed by atoms with Crippen LogP contribution < -0.4 is 10.8 Å². The van der Waals surface area contributed by atoms with Gasteiger partial charge in [0.15, 0.2) is 0 Å². The van der Waals surface area contributed by atoms with Gasteiger partial charge in [0.1, 0.15) is 6.04 Å². The van der Waals surface area contributed by atoms with Crippen LogP contribution in [0.4, 0.5) is 4.79 Å². The lowest BCUT2D eigenvalue weighted by molar-refractivity contribution is -0.194. The second-order valence-electron chi connectivity index (χ2n) is 7.61. The smallest absolute Gasteiger partial charge is 0.380 e. The largest absolute Gasteiger partial charge is 0.418 e. The molecule has 12 nitrogen and oxygen atoms in total. The summed E-state index contributed by atoms with van der Waals surface area (Å²) in [5.41, 5.74) is 1.81. The molecule has 4 aliphatic heterocycles. The lowest BCUT2D eigenvalue weighted by Gasteiger charge is -2.50. The highest BCUT2D eigenvalue weighted by atomic mass is 32.3. The van der Waals surface area contributed by atoms with Gasteiger partial charge in [-0.15, -0.1) is 4.28 Å². The maximum absolute atomic E-state index is 12.7. The Bertz CT molecular complexity index is 741. The fourth-order valence-corrected chi connectivity index (χ4v) is 4.59. The zero-order chi connectivity index (χ0) is 19.4. The van der Waals surface area contributed by atoms with Crippen molar-refractivity contribution in [3.05, 3.63) is 0 Å². The SMILES string of the molecule is CC1CC(ONC(=O)[C@@H]2CC3(COC3)C3CN2C(=O)N3OS(=O)(=O)O)CN1. The fourth-order valence-electron chi connectivity index (χ4n) is 4.22. The minimum absolute atomic E-state index is 0.0951. The van der Waals surface area contributed by atoms with Gasteiger partial charge in [0, 0.05) is 24.5 Å². The molecule has 13 heteroatoms. The Morgan fingerprint density at radius 2 is 2.19 bits per heavy atom. The molecule has 3 amide bonds. The third-order valence-electron chi connectivity index (χ3n) is 5.66. The molecule has 0 aromatic heterocycles. The van der Waals surface area contributed by atoms with E-state index in [0.717, 1.165) is 6.42 Å². The van der Waals surface area contributed by atoms with E-state index in [-0.39, 0.29) is 32.3 Å². The Morgan fingerprint density at radius 3 is 2.74 bits per heavy atom. The average molecular weight is 406 g/mol. The van der Waals surface area contributed by atoms with Crippen LogP contribution in [-0.4, -0.2) is 85.4 Å². The van der Waals surface area contributed by atoms with Crippen molar-refractivity contribution in [2.24, 2.45) is 5.41 Å². The summed E-state index contributed by atoms with van der Waals surface area (Å²) in [6, 6.07) is -1.98. The number of ether oxygens (including phenoxy) is 1. The molecule has 2 bridgehead atoms. The van der Waals surface area contributed by atoms with Crippen LogP contribution in [0, 0.1) is 5.41 Å². The predicted octanol–water partition coefficient (Wildman–Crippen LogP) is -1.59. The first kappa shape index (κ1) is 18.8. The zero-order valence-corrected chi connectivity index (χ0v) is 15.5. The number of carbonyl (C=O) groups is 2. The predicted molar refractivity (Wildman–Crippen MR) is 87.1 cm³/mol. The van der Waals surface area contributed by atoms with Crippen LogP contribution in [0.15, 0.2) is 0 Å². The molecule has 4 rings (SSSR count). The Balaban J connectivity index is 1.48. The van der Waals surface area contributed by atoms with Crippen molar-refractivity contribution >= 4 is 22.3 Å². The van der Waals surface area contributed by atoms with Crippen molar-refractivity contribution in [1.29, 1.82) is 0 Å². The molecule has 1 spiro atoms.